The molecule has 0 heterocycles. The van der Waals surface area contributed by atoms with Crippen molar-refractivity contribution >= 4 is 5.97 Å². The highest BCUT2D eigenvalue weighted by Crippen LogP contribution is 2.55. The molecule has 1 aliphatic carbocycles. The van der Waals surface area contributed by atoms with Crippen LogP contribution in [0.3, 0.4) is 0 Å². The predicted molar refractivity (Wildman–Crippen MR) is 76.1 cm³/mol. The van der Waals surface area contributed by atoms with Crippen molar-refractivity contribution in [1.82, 2.24) is 0 Å². The molecule has 0 spiro atoms. The highest BCUT2D eigenvalue weighted by molar-refractivity contribution is 5.79. The van der Waals surface area contributed by atoms with Crippen LogP contribution < -0.4 is 0 Å². The molecule has 0 aliphatic heterocycles. The van der Waals surface area contributed by atoms with Gasteiger partial charge in [0.25, 0.3) is 0 Å². The maximum absolute atomic E-state index is 11.2. The smallest absolute Gasteiger partial charge is 0.312 e. The lowest BCUT2D eigenvalue weighted by Crippen LogP contribution is -2.23. The summed E-state index contributed by atoms with van der Waals surface area (Å²) in [5.74, 6) is -0.905. The van der Waals surface area contributed by atoms with E-state index in [4.69, 9.17) is 0 Å². The Labute approximate surface area is 117 Å². The van der Waals surface area contributed by atoms with Crippen LogP contribution in [0.15, 0.2) is 54.6 Å². The van der Waals surface area contributed by atoms with Gasteiger partial charge in [-0.15, -0.1) is 0 Å². The third kappa shape index (κ3) is 2.10. The third-order valence-electron chi connectivity index (χ3n) is 4.07. The first-order valence-corrected chi connectivity index (χ1v) is 6.70. The van der Waals surface area contributed by atoms with Crippen molar-refractivity contribution in [3.8, 4) is 11.1 Å². The van der Waals surface area contributed by atoms with Gasteiger partial charge in [-0.1, -0.05) is 54.6 Å². The van der Waals surface area contributed by atoms with Crippen molar-refractivity contribution in [2.24, 2.45) is 5.41 Å². The van der Waals surface area contributed by atoms with Crippen LogP contribution in [0.4, 0.5) is 0 Å². The van der Waals surface area contributed by atoms with E-state index in [0.717, 1.165) is 11.1 Å². The molecule has 0 radical (unpaired) electrons. The summed E-state index contributed by atoms with van der Waals surface area (Å²) >= 11 is 0. The van der Waals surface area contributed by atoms with Crippen LogP contribution in [0.25, 0.3) is 11.1 Å². The summed E-state index contributed by atoms with van der Waals surface area (Å²) in [6, 6.07) is 17.4. The van der Waals surface area contributed by atoms with Crippen molar-refractivity contribution in [1.29, 1.82) is 0 Å². The second kappa shape index (κ2) is 4.76. The first kappa shape index (κ1) is 12.9. The molecule has 1 fully saturated rings. The van der Waals surface area contributed by atoms with E-state index in [1.807, 2.05) is 54.6 Å². The van der Waals surface area contributed by atoms with E-state index in [9.17, 15) is 15.0 Å². The molecule has 1 unspecified atom stereocenters. The quantitative estimate of drug-likeness (QED) is 0.894. The van der Waals surface area contributed by atoms with E-state index >= 15 is 0 Å². The van der Waals surface area contributed by atoms with E-state index in [0.29, 0.717) is 18.4 Å². The highest BCUT2D eigenvalue weighted by atomic mass is 16.4. The molecule has 3 heteroatoms. The lowest BCUT2D eigenvalue weighted by Gasteiger charge is -2.18. The molecule has 1 saturated carbocycles. The molecule has 0 aromatic heterocycles. The summed E-state index contributed by atoms with van der Waals surface area (Å²) in [5.41, 5.74) is 1.87. The fraction of sp³-hybridized carbons (Fsp3) is 0.235. The lowest BCUT2D eigenvalue weighted by molar-refractivity contribution is -0.148. The number of carbonyl (C=O) groups is 1. The van der Waals surface area contributed by atoms with Crippen LogP contribution in [0.5, 0.6) is 0 Å². The van der Waals surface area contributed by atoms with Gasteiger partial charge >= 0.3 is 5.97 Å². The molecule has 1 atom stereocenters. The molecule has 2 N–H and O–H groups in total. The van der Waals surface area contributed by atoms with Gasteiger partial charge in [0.15, 0.2) is 0 Å². The van der Waals surface area contributed by atoms with Gasteiger partial charge in [-0.2, -0.15) is 0 Å². The standard InChI is InChI=1S/C17H16O3/c18-15(17(10-11-17)16(19)20)14-8-6-13(7-9-14)12-4-2-1-3-5-12/h1-9,15,18H,10-11H2,(H,19,20). The zero-order chi connectivity index (χ0) is 14.2. The number of aliphatic hydroxyl groups is 1. The number of rotatable bonds is 4. The number of carboxylic acids is 1. The number of aliphatic carboxylic acids is 1. The minimum atomic E-state index is -0.964. The Bertz CT molecular complexity index is 612. The summed E-state index contributed by atoms with van der Waals surface area (Å²) in [4.78, 5) is 11.2. The summed E-state index contributed by atoms with van der Waals surface area (Å²) in [7, 11) is 0. The SMILES string of the molecule is O=C(O)C1(C(O)c2ccc(-c3ccccc3)cc2)CC1. The molecule has 0 amide bonds. The summed E-state index contributed by atoms with van der Waals surface area (Å²) in [6.45, 7) is 0. The zero-order valence-electron chi connectivity index (χ0n) is 11.0. The highest BCUT2D eigenvalue weighted by Gasteiger charge is 2.56. The van der Waals surface area contributed by atoms with Gasteiger partial charge in [-0.05, 0) is 29.5 Å². The average Bonchev–Trinajstić information content (AvgIpc) is 3.29. The average molecular weight is 268 g/mol. The fourth-order valence-electron chi connectivity index (χ4n) is 2.55. The maximum Gasteiger partial charge on any atom is 0.312 e. The normalized spacial score (nSPS) is 17.4. The van der Waals surface area contributed by atoms with Crippen LogP contribution in [0.2, 0.25) is 0 Å². The van der Waals surface area contributed by atoms with Crippen LogP contribution in [-0.2, 0) is 4.79 Å². The predicted octanol–water partition coefficient (Wildman–Crippen LogP) is 3.25. The monoisotopic (exact) mass is 268 g/mol. The van der Waals surface area contributed by atoms with Crippen molar-refractivity contribution in [2.45, 2.75) is 18.9 Å². The third-order valence-corrected chi connectivity index (χ3v) is 4.07. The van der Waals surface area contributed by atoms with Gasteiger partial charge in [-0.25, -0.2) is 0 Å². The van der Waals surface area contributed by atoms with E-state index < -0.39 is 17.5 Å². The first-order chi connectivity index (χ1) is 9.63. The minimum absolute atomic E-state index is 0.546. The number of hydrogen-bond acceptors (Lipinski definition) is 2. The van der Waals surface area contributed by atoms with Crippen LogP contribution in [0, 0.1) is 5.41 Å². The van der Waals surface area contributed by atoms with Crippen molar-refractivity contribution in [3.63, 3.8) is 0 Å². The van der Waals surface area contributed by atoms with Gasteiger partial charge in [0.1, 0.15) is 0 Å². The van der Waals surface area contributed by atoms with Gasteiger partial charge < -0.3 is 10.2 Å². The second-order valence-corrected chi connectivity index (χ2v) is 5.35. The van der Waals surface area contributed by atoms with E-state index in [2.05, 4.69) is 0 Å². The Hall–Kier alpha value is -2.13. The summed E-state index contributed by atoms with van der Waals surface area (Å²) < 4.78 is 0. The summed E-state index contributed by atoms with van der Waals surface area (Å²) in [5, 5.41) is 19.5. The van der Waals surface area contributed by atoms with Crippen molar-refractivity contribution in [3.05, 3.63) is 60.2 Å². The fourth-order valence-corrected chi connectivity index (χ4v) is 2.55. The van der Waals surface area contributed by atoms with Crippen molar-refractivity contribution < 1.29 is 15.0 Å². The van der Waals surface area contributed by atoms with Gasteiger partial charge in [0.05, 0.1) is 11.5 Å². The van der Waals surface area contributed by atoms with Gasteiger partial charge in [0.2, 0.25) is 0 Å². The second-order valence-electron chi connectivity index (χ2n) is 5.35. The molecule has 2 aromatic carbocycles. The maximum atomic E-state index is 11.2. The minimum Gasteiger partial charge on any atom is -0.481 e. The first-order valence-electron chi connectivity index (χ1n) is 6.70. The Balaban J connectivity index is 1.85. The topological polar surface area (TPSA) is 57.5 Å². The van der Waals surface area contributed by atoms with Gasteiger partial charge in [-0.3, -0.25) is 4.79 Å². The molecule has 0 bridgehead atoms. The number of carboxylic acid groups (broad SMARTS) is 1. The number of hydrogen-bond donors (Lipinski definition) is 2. The Morgan fingerprint density at radius 3 is 2.00 bits per heavy atom. The number of benzene rings is 2. The molecule has 2 aromatic rings. The van der Waals surface area contributed by atoms with E-state index in [1.165, 1.54) is 0 Å². The van der Waals surface area contributed by atoms with Crippen LogP contribution in [0.1, 0.15) is 24.5 Å². The Morgan fingerprint density at radius 2 is 1.50 bits per heavy atom. The molecule has 3 rings (SSSR count). The van der Waals surface area contributed by atoms with Crippen molar-refractivity contribution in [2.75, 3.05) is 0 Å². The van der Waals surface area contributed by atoms with Crippen LogP contribution in [-0.4, -0.2) is 16.2 Å². The van der Waals surface area contributed by atoms with Gasteiger partial charge in [0, 0.05) is 0 Å². The molecule has 3 nitrogen and oxygen atoms in total. The van der Waals surface area contributed by atoms with E-state index in [-0.39, 0.29) is 0 Å². The zero-order valence-corrected chi connectivity index (χ0v) is 11.0. The number of aliphatic hydroxyl groups excluding tert-OH is 1. The molecule has 0 saturated heterocycles. The molecule has 20 heavy (non-hydrogen) atoms. The molecule has 1 aliphatic rings. The summed E-state index contributed by atoms with van der Waals surface area (Å²) in [6.07, 6.45) is 0.165. The van der Waals surface area contributed by atoms with Crippen LogP contribution >= 0.6 is 0 Å². The Morgan fingerprint density at radius 1 is 0.950 bits per heavy atom. The molecular weight excluding hydrogens is 252 g/mol. The largest absolute Gasteiger partial charge is 0.481 e. The molecular formula is C17H16O3. The molecule has 102 valence electrons. The van der Waals surface area contributed by atoms with E-state index in [1.54, 1.807) is 0 Å². The Kier molecular flexibility index (Phi) is 3.07. The lowest BCUT2D eigenvalue weighted by atomic mass is 9.92.